The average Bonchev–Trinajstić information content (AvgIpc) is 2.24. The number of alkyl halides is 1. The molecular formula is C12H13BrClFO. The van der Waals surface area contributed by atoms with E-state index in [-0.39, 0.29) is 22.3 Å². The number of benzene rings is 1. The maximum atomic E-state index is 13.6. The number of hydrogen-bond acceptors (Lipinski definition) is 1. The van der Waals surface area contributed by atoms with Gasteiger partial charge < -0.3 is 4.74 Å². The van der Waals surface area contributed by atoms with Crippen molar-refractivity contribution < 1.29 is 9.13 Å². The standard InChI is InChI=1S/C12H13BrClFO/c1-12(2)9(13)6-10(12)16-8-5-3-4-7(14)11(8)15/h3-5,9-10H,6H2,1-2H3. The first kappa shape index (κ1) is 12.2. The molecule has 4 heteroatoms. The lowest BCUT2D eigenvalue weighted by Crippen LogP contribution is -2.53. The number of rotatable bonds is 2. The Morgan fingerprint density at radius 1 is 1.50 bits per heavy atom. The van der Waals surface area contributed by atoms with Crippen molar-refractivity contribution in [3.05, 3.63) is 29.0 Å². The molecule has 1 nitrogen and oxygen atoms in total. The normalized spacial score (nSPS) is 27.3. The third-order valence-corrected chi connectivity index (χ3v) is 5.09. The summed E-state index contributed by atoms with van der Waals surface area (Å²) in [5.74, 6) is -0.233. The van der Waals surface area contributed by atoms with Crippen LogP contribution >= 0.6 is 27.5 Å². The predicted molar refractivity (Wildman–Crippen MR) is 66.9 cm³/mol. The van der Waals surface area contributed by atoms with Gasteiger partial charge in [0.05, 0.1) is 5.02 Å². The lowest BCUT2D eigenvalue weighted by atomic mass is 9.69. The van der Waals surface area contributed by atoms with E-state index < -0.39 is 5.82 Å². The predicted octanol–water partition coefficient (Wildman–Crippen LogP) is 4.42. The summed E-state index contributed by atoms with van der Waals surface area (Å²) in [5, 5.41) is 0.102. The second kappa shape index (κ2) is 4.19. The highest BCUT2D eigenvalue weighted by molar-refractivity contribution is 9.09. The molecule has 0 aliphatic heterocycles. The van der Waals surface area contributed by atoms with Gasteiger partial charge in [0.25, 0.3) is 0 Å². The molecule has 0 bridgehead atoms. The fourth-order valence-corrected chi connectivity index (χ4v) is 2.57. The van der Waals surface area contributed by atoms with Gasteiger partial charge in [-0.2, -0.15) is 0 Å². The quantitative estimate of drug-likeness (QED) is 0.735. The molecule has 0 radical (unpaired) electrons. The van der Waals surface area contributed by atoms with Crippen LogP contribution in [0.15, 0.2) is 18.2 Å². The van der Waals surface area contributed by atoms with Crippen LogP contribution in [0.1, 0.15) is 20.3 Å². The van der Waals surface area contributed by atoms with E-state index in [2.05, 4.69) is 29.8 Å². The van der Waals surface area contributed by atoms with E-state index in [0.717, 1.165) is 6.42 Å². The van der Waals surface area contributed by atoms with Gasteiger partial charge in [-0.1, -0.05) is 47.4 Å². The highest BCUT2D eigenvalue weighted by Gasteiger charge is 2.48. The molecule has 2 unspecified atom stereocenters. The van der Waals surface area contributed by atoms with E-state index in [1.165, 1.54) is 6.07 Å². The van der Waals surface area contributed by atoms with E-state index in [9.17, 15) is 4.39 Å². The van der Waals surface area contributed by atoms with Gasteiger partial charge in [-0.25, -0.2) is 4.39 Å². The average molecular weight is 308 g/mol. The minimum Gasteiger partial charge on any atom is -0.487 e. The molecular weight excluding hydrogens is 294 g/mol. The van der Waals surface area contributed by atoms with Crippen molar-refractivity contribution in [1.82, 2.24) is 0 Å². The zero-order valence-corrected chi connectivity index (χ0v) is 11.5. The first-order valence-corrected chi connectivity index (χ1v) is 6.47. The molecule has 16 heavy (non-hydrogen) atoms. The summed E-state index contributed by atoms with van der Waals surface area (Å²) in [6.45, 7) is 4.20. The van der Waals surface area contributed by atoms with Crippen molar-refractivity contribution in [2.75, 3.05) is 0 Å². The van der Waals surface area contributed by atoms with Crippen molar-refractivity contribution in [3.8, 4) is 5.75 Å². The Balaban J connectivity index is 2.14. The van der Waals surface area contributed by atoms with Gasteiger partial charge >= 0.3 is 0 Å². The summed E-state index contributed by atoms with van der Waals surface area (Å²) in [5.41, 5.74) is 0.0226. The molecule has 2 atom stereocenters. The fourth-order valence-electron chi connectivity index (χ4n) is 1.76. The van der Waals surface area contributed by atoms with Gasteiger partial charge in [-0.05, 0) is 18.6 Å². The Hall–Kier alpha value is -0.280. The maximum Gasteiger partial charge on any atom is 0.183 e. The molecule has 0 saturated heterocycles. The van der Waals surface area contributed by atoms with Crippen LogP contribution in [0.2, 0.25) is 5.02 Å². The van der Waals surface area contributed by atoms with Crippen LogP contribution in [0.4, 0.5) is 4.39 Å². The molecule has 2 rings (SSSR count). The molecule has 1 aliphatic rings. The number of hydrogen-bond donors (Lipinski definition) is 0. The minimum atomic E-state index is -0.474. The van der Waals surface area contributed by atoms with Crippen LogP contribution < -0.4 is 4.74 Å². The van der Waals surface area contributed by atoms with E-state index in [1.807, 2.05) is 0 Å². The van der Waals surface area contributed by atoms with Crippen LogP contribution in [0.5, 0.6) is 5.75 Å². The molecule has 0 spiro atoms. The van der Waals surface area contributed by atoms with Crippen molar-refractivity contribution in [2.24, 2.45) is 5.41 Å². The lowest BCUT2D eigenvalue weighted by molar-refractivity contribution is -0.0102. The van der Waals surface area contributed by atoms with Crippen molar-refractivity contribution in [1.29, 1.82) is 0 Å². The van der Waals surface area contributed by atoms with Gasteiger partial charge in [0.2, 0.25) is 0 Å². The van der Waals surface area contributed by atoms with Crippen LogP contribution in [-0.2, 0) is 0 Å². The fraction of sp³-hybridized carbons (Fsp3) is 0.500. The van der Waals surface area contributed by atoms with Crippen molar-refractivity contribution in [2.45, 2.75) is 31.2 Å². The summed E-state index contributed by atoms with van der Waals surface area (Å²) in [6.07, 6.45) is 0.920. The summed E-state index contributed by atoms with van der Waals surface area (Å²) < 4.78 is 19.3. The van der Waals surface area contributed by atoms with Gasteiger partial charge in [0.1, 0.15) is 6.10 Å². The zero-order valence-electron chi connectivity index (χ0n) is 9.14. The van der Waals surface area contributed by atoms with Crippen LogP contribution in [-0.4, -0.2) is 10.9 Å². The summed E-state index contributed by atoms with van der Waals surface area (Å²) in [7, 11) is 0. The van der Waals surface area contributed by atoms with E-state index >= 15 is 0 Å². The second-order valence-corrected chi connectivity index (χ2v) is 6.20. The maximum absolute atomic E-state index is 13.6. The summed E-state index contributed by atoms with van der Waals surface area (Å²) in [4.78, 5) is 0.423. The minimum absolute atomic E-state index is 0.0226. The Labute approximate surface area is 108 Å². The van der Waals surface area contributed by atoms with E-state index in [1.54, 1.807) is 12.1 Å². The molecule has 0 amide bonds. The van der Waals surface area contributed by atoms with Gasteiger partial charge in [0.15, 0.2) is 11.6 Å². The van der Waals surface area contributed by atoms with E-state index in [0.29, 0.717) is 4.83 Å². The first-order chi connectivity index (χ1) is 7.43. The molecule has 0 aromatic heterocycles. The monoisotopic (exact) mass is 306 g/mol. The van der Waals surface area contributed by atoms with Gasteiger partial charge in [-0.15, -0.1) is 0 Å². The molecule has 1 aromatic carbocycles. The molecule has 1 aromatic rings. The summed E-state index contributed by atoms with van der Waals surface area (Å²) >= 11 is 9.26. The summed E-state index contributed by atoms with van der Waals surface area (Å²) in [6, 6.07) is 4.82. The smallest absolute Gasteiger partial charge is 0.183 e. The van der Waals surface area contributed by atoms with Crippen LogP contribution in [0.25, 0.3) is 0 Å². The first-order valence-electron chi connectivity index (χ1n) is 5.17. The van der Waals surface area contributed by atoms with E-state index in [4.69, 9.17) is 16.3 Å². The van der Waals surface area contributed by atoms with Crippen LogP contribution in [0, 0.1) is 11.2 Å². The number of ether oxygens (including phenoxy) is 1. The second-order valence-electron chi connectivity index (χ2n) is 4.68. The lowest BCUT2D eigenvalue weighted by Gasteiger charge is -2.48. The third-order valence-electron chi connectivity index (χ3n) is 3.24. The highest BCUT2D eigenvalue weighted by atomic mass is 79.9. The van der Waals surface area contributed by atoms with Crippen molar-refractivity contribution >= 4 is 27.5 Å². The van der Waals surface area contributed by atoms with Crippen LogP contribution in [0.3, 0.4) is 0 Å². The molecule has 1 aliphatic carbocycles. The SMILES string of the molecule is CC1(C)C(Br)CC1Oc1cccc(Cl)c1F. The van der Waals surface area contributed by atoms with Gasteiger partial charge in [-0.3, -0.25) is 0 Å². The zero-order chi connectivity index (χ0) is 11.9. The Kier molecular flexibility index (Phi) is 3.19. The number of halogens is 3. The Morgan fingerprint density at radius 3 is 2.75 bits per heavy atom. The van der Waals surface area contributed by atoms with Gasteiger partial charge in [0, 0.05) is 10.2 Å². The topological polar surface area (TPSA) is 9.23 Å². The molecule has 88 valence electrons. The molecule has 1 saturated carbocycles. The molecule has 0 N–H and O–H groups in total. The van der Waals surface area contributed by atoms with Crippen molar-refractivity contribution in [3.63, 3.8) is 0 Å². The molecule has 0 heterocycles. The Bertz CT molecular complexity index is 408. The highest BCUT2D eigenvalue weighted by Crippen LogP contribution is 2.47. The molecule has 1 fully saturated rings. The largest absolute Gasteiger partial charge is 0.487 e. The Morgan fingerprint density at radius 2 is 2.19 bits per heavy atom. The third kappa shape index (κ3) is 1.95.